The first-order valence-electron chi connectivity index (χ1n) is 9.80. The average molecular weight is 406 g/mol. The van der Waals surface area contributed by atoms with Crippen LogP contribution in [0.3, 0.4) is 0 Å². The number of carbonyl (C=O) groups excluding carboxylic acids is 1. The highest BCUT2D eigenvalue weighted by Gasteiger charge is 2.20. The highest BCUT2D eigenvalue weighted by molar-refractivity contribution is 6.33. The SMILES string of the molecule is Cc1ccc(Cn2nc(C)c(C(=O)NCCCOCC3CCCO3)c2Cl)cc1. The summed E-state index contributed by atoms with van der Waals surface area (Å²) in [5, 5.41) is 7.71. The molecule has 0 radical (unpaired) electrons. The Hall–Kier alpha value is -1.89. The maximum Gasteiger partial charge on any atom is 0.256 e. The van der Waals surface area contributed by atoms with Gasteiger partial charge in [-0.3, -0.25) is 4.79 Å². The molecule has 0 saturated carbocycles. The van der Waals surface area contributed by atoms with E-state index in [0.717, 1.165) is 31.4 Å². The zero-order valence-corrected chi connectivity index (χ0v) is 17.3. The third-order valence-electron chi connectivity index (χ3n) is 4.82. The van der Waals surface area contributed by atoms with E-state index in [4.69, 9.17) is 21.1 Å². The molecule has 3 rings (SSSR count). The van der Waals surface area contributed by atoms with E-state index >= 15 is 0 Å². The fourth-order valence-electron chi connectivity index (χ4n) is 3.24. The number of rotatable bonds is 9. The van der Waals surface area contributed by atoms with Crippen LogP contribution in [0.15, 0.2) is 24.3 Å². The second-order valence-electron chi connectivity index (χ2n) is 7.21. The van der Waals surface area contributed by atoms with Crippen molar-refractivity contribution in [2.45, 2.75) is 45.8 Å². The van der Waals surface area contributed by atoms with Crippen LogP contribution in [0.25, 0.3) is 0 Å². The molecule has 0 aliphatic carbocycles. The van der Waals surface area contributed by atoms with Gasteiger partial charge in [-0.25, -0.2) is 4.68 Å². The van der Waals surface area contributed by atoms with E-state index < -0.39 is 0 Å². The highest BCUT2D eigenvalue weighted by Crippen LogP contribution is 2.21. The van der Waals surface area contributed by atoms with Crippen molar-refractivity contribution in [2.24, 2.45) is 0 Å². The molecule has 152 valence electrons. The van der Waals surface area contributed by atoms with Crippen molar-refractivity contribution in [3.8, 4) is 0 Å². The zero-order valence-electron chi connectivity index (χ0n) is 16.5. The Labute approximate surface area is 171 Å². The maximum atomic E-state index is 12.5. The fraction of sp³-hybridized carbons (Fsp3) is 0.524. The number of nitrogens with zero attached hydrogens (tertiary/aromatic N) is 2. The number of hydrogen-bond acceptors (Lipinski definition) is 4. The lowest BCUT2D eigenvalue weighted by molar-refractivity contribution is 0.0166. The Morgan fingerprint density at radius 2 is 2.14 bits per heavy atom. The van der Waals surface area contributed by atoms with Gasteiger partial charge in [0.25, 0.3) is 5.91 Å². The Morgan fingerprint density at radius 3 is 2.86 bits per heavy atom. The average Bonchev–Trinajstić information content (AvgIpc) is 3.28. The van der Waals surface area contributed by atoms with Crippen molar-refractivity contribution in [1.29, 1.82) is 0 Å². The molecule has 28 heavy (non-hydrogen) atoms. The third kappa shape index (κ3) is 5.56. The van der Waals surface area contributed by atoms with Crippen LogP contribution < -0.4 is 5.32 Å². The molecule has 1 aliphatic heterocycles. The monoisotopic (exact) mass is 405 g/mol. The standard InChI is InChI=1S/C21H28ClN3O3/c1-15-6-8-17(9-7-15)13-25-20(22)19(16(2)24-25)21(26)23-10-4-11-27-14-18-5-3-12-28-18/h6-9,18H,3-5,10-14H2,1-2H3,(H,23,26). The molecule has 1 aromatic carbocycles. The molecule has 1 atom stereocenters. The fourth-order valence-corrected chi connectivity index (χ4v) is 3.56. The van der Waals surface area contributed by atoms with E-state index in [0.29, 0.717) is 42.7 Å². The van der Waals surface area contributed by atoms with Gasteiger partial charge in [0.15, 0.2) is 0 Å². The van der Waals surface area contributed by atoms with Gasteiger partial charge < -0.3 is 14.8 Å². The summed E-state index contributed by atoms with van der Waals surface area (Å²) in [6.07, 6.45) is 3.16. The van der Waals surface area contributed by atoms with Crippen molar-refractivity contribution < 1.29 is 14.3 Å². The lowest BCUT2D eigenvalue weighted by Crippen LogP contribution is -2.26. The zero-order chi connectivity index (χ0) is 19.9. The normalized spacial score (nSPS) is 16.5. The van der Waals surface area contributed by atoms with Crippen LogP contribution in [0.4, 0.5) is 0 Å². The molecular weight excluding hydrogens is 378 g/mol. The third-order valence-corrected chi connectivity index (χ3v) is 5.21. The molecule has 1 unspecified atom stereocenters. The smallest absolute Gasteiger partial charge is 0.256 e. The molecule has 2 heterocycles. The number of ether oxygens (including phenoxy) is 2. The Morgan fingerprint density at radius 1 is 1.36 bits per heavy atom. The molecule has 1 fully saturated rings. The summed E-state index contributed by atoms with van der Waals surface area (Å²) < 4.78 is 12.8. The maximum absolute atomic E-state index is 12.5. The van der Waals surface area contributed by atoms with Crippen molar-refractivity contribution in [3.63, 3.8) is 0 Å². The molecule has 0 bridgehead atoms. The number of amides is 1. The number of nitrogens with one attached hydrogen (secondary N) is 1. The number of carbonyl (C=O) groups is 1. The largest absolute Gasteiger partial charge is 0.379 e. The first-order chi connectivity index (χ1) is 13.5. The topological polar surface area (TPSA) is 65.4 Å². The molecule has 6 nitrogen and oxygen atoms in total. The first-order valence-corrected chi connectivity index (χ1v) is 10.2. The van der Waals surface area contributed by atoms with E-state index in [9.17, 15) is 4.79 Å². The van der Waals surface area contributed by atoms with Crippen molar-refractivity contribution >= 4 is 17.5 Å². The summed E-state index contributed by atoms with van der Waals surface area (Å²) in [5.41, 5.74) is 3.36. The molecule has 2 aromatic rings. The summed E-state index contributed by atoms with van der Waals surface area (Å²) in [5.74, 6) is -0.197. The van der Waals surface area contributed by atoms with Gasteiger partial charge in [0, 0.05) is 19.8 Å². The second-order valence-corrected chi connectivity index (χ2v) is 7.57. The lowest BCUT2D eigenvalue weighted by atomic mass is 10.1. The number of benzene rings is 1. The van der Waals surface area contributed by atoms with Crippen LogP contribution in [0.5, 0.6) is 0 Å². The summed E-state index contributed by atoms with van der Waals surface area (Å²) in [4.78, 5) is 12.5. The number of aryl methyl sites for hydroxylation is 2. The van der Waals surface area contributed by atoms with Crippen LogP contribution in [-0.2, 0) is 16.0 Å². The predicted molar refractivity (Wildman–Crippen MR) is 109 cm³/mol. The van der Waals surface area contributed by atoms with Crippen LogP contribution >= 0.6 is 11.6 Å². The van der Waals surface area contributed by atoms with Crippen LogP contribution in [0.1, 0.15) is 46.4 Å². The van der Waals surface area contributed by atoms with Gasteiger partial charge >= 0.3 is 0 Å². The lowest BCUT2D eigenvalue weighted by Gasteiger charge is -2.10. The molecule has 1 amide bonds. The van der Waals surface area contributed by atoms with E-state index in [2.05, 4.69) is 10.4 Å². The minimum absolute atomic E-state index is 0.197. The molecule has 1 N–H and O–H groups in total. The molecule has 1 saturated heterocycles. The predicted octanol–water partition coefficient (Wildman–Crippen LogP) is 3.52. The molecule has 1 aliphatic rings. The van der Waals surface area contributed by atoms with Gasteiger partial charge in [0.05, 0.1) is 30.5 Å². The molecule has 1 aromatic heterocycles. The Balaban J connectivity index is 1.46. The summed E-state index contributed by atoms with van der Waals surface area (Å²) in [6, 6.07) is 8.18. The van der Waals surface area contributed by atoms with E-state index in [1.165, 1.54) is 5.56 Å². The number of hydrogen-bond donors (Lipinski definition) is 1. The number of aromatic nitrogens is 2. The van der Waals surface area contributed by atoms with E-state index in [-0.39, 0.29) is 12.0 Å². The molecule has 7 heteroatoms. The Kier molecular flexibility index (Phi) is 7.48. The van der Waals surface area contributed by atoms with Crippen LogP contribution in [0, 0.1) is 13.8 Å². The van der Waals surface area contributed by atoms with Crippen molar-refractivity contribution in [2.75, 3.05) is 26.4 Å². The quantitative estimate of drug-likeness (QED) is 0.648. The van der Waals surface area contributed by atoms with Gasteiger partial charge in [0.2, 0.25) is 0 Å². The summed E-state index contributed by atoms with van der Waals surface area (Å²) in [7, 11) is 0. The minimum atomic E-state index is -0.197. The second kappa shape index (κ2) is 10.0. The van der Waals surface area contributed by atoms with E-state index in [1.807, 2.05) is 31.2 Å². The van der Waals surface area contributed by atoms with Gasteiger partial charge in [-0.05, 0) is 38.7 Å². The molecule has 0 spiro atoms. The van der Waals surface area contributed by atoms with Gasteiger partial charge in [-0.15, -0.1) is 0 Å². The van der Waals surface area contributed by atoms with Crippen molar-refractivity contribution in [3.05, 3.63) is 51.8 Å². The summed E-state index contributed by atoms with van der Waals surface area (Å²) in [6.45, 7) is 6.97. The minimum Gasteiger partial charge on any atom is -0.379 e. The summed E-state index contributed by atoms with van der Waals surface area (Å²) >= 11 is 6.44. The Bertz CT molecular complexity index is 783. The van der Waals surface area contributed by atoms with Gasteiger partial charge in [-0.2, -0.15) is 5.10 Å². The van der Waals surface area contributed by atoms with Crippen LogP contribution in [0.2, 0.25) is 5.15 Å². The van der Waals surface area contributed by atoms with Gasteiger partial charge in [0.1, 0.15) is 5.15 Å². The molecular formula is C21H28ClN3O3. The van der Waals surface area contributed by atoms with E-state index in [1.54, 1.807) is 11.6 Å². The first kappa shape index (κ1) is 20.8. The van der Waals surface area contributed by atoms with Crippen molar-refractivity contribution in [1.82, 2.24) is 15.1 Å². The van der Waals surface area contributed by atoms with Crippen LogP contribution in [-0.4, -0.2) is 48.2 Å². The van der Waals surface area contributed by atoms with Gasteiger partial charge in [-0.1, -0.05) is 41.4 Å². The highest BCUT2D eigenvalue weighted by atomic mass is 35.5. The number of halogens is 1.